The van der Waals surface area contributed by atoms with Gasteiger partial charge in [-0.1, -0.05) is 92.0 Å². The van der Waals surface area contributed by atoms with Gasteiger partial charge < -0.3 is 34.4 Å². The largest absolute Gasteiger partial charge is 0.455 e. The maximum Gasteiger partial charge on any atom is 0.313 e. The number of carbonyl (C=O) groups is 4. The van der Waals surface area contributed by atoms with Crippen molar-refractivity contribution in [2.75, 3.05) is 33.4 Å². The molecule has 2 bridgehead atoms. The maximum absolute atomic E-state index is 14.8. The first-order valence-electron chi connectivity index (χ1n) is 17.8. The van der Waals surface area contributed by atoms with Crippen LogP contribution < -0.4 is 5.32 Å². The number of unbranched alkanes of at least 4 members (excludes halogenated alkanes) is 1. The first-order valence-corrected chi connectivity index (χ1v) is 18.8. The molecule has 3 aliphatic heterocycles. The summed E-state index contributed by atoms with van der Waals surface area (Å²) in [5.74, 6) is -3.80. The van der Waals surface area contributed by atoms with Crippen LogP contribution in [0.1, 0.15) is 71.0 Å². The van der Waals surface area contributed by atoms with Crippen molar-refractivity contribution in [3.05, 3.63) is 61.2 Å². The number of hydrogen-bond acceptors (Lipinski definition) is 8. The number of carbonyl (C=O) groups excluding carboxylic acids is 4. The third-order valence-corrected chi connectivity index (χ3v) is 11.4. The number of aliphatic hydroxyl groups is 1. The highest BCUT2D eigenvalue weighted by Gasteiger charge is 2.77. The molecule has 1 aromatic rings. The molecule has 10 atom stereocenters. The lowest BCUT2D eigenvalue weighted by atomic mass is 9.70. The highest BCUT2D eigenvalue weighted by molar-refractivity contribution is 9.09. The van der Waals surface area contributed by atoms with Crippen LogP contribution in [-0.2, 0) is 33.4 Å². The van der Waals surface area contributed by atoms with E-state index in [0.717, 1.165) is 12.8 Å². The van der Waals surface area contributed by atoms with E-state index in [2.05, 4.69) is 34.4 Å². The first-order chi connectivity index (χ1) is 24.0. The second-order valence-electron chi connectivity index (χ2n) is 13.7. The monoisotopic (exact) mass is 759 g/mol. The van der Waals surface area contributed by atoms with Crippen LogP contribution in [0, 0.1) is 17.8 Å². The van der Waals surface area contributed by atoms with Crippen molar-refractivity contribution in [1.82, 2.24) is 15.1 Å². The van der Waals surface area contributed by atoms with Gasteiger partial charge in [-0.25, -0.2) is 0 Å². The molecule has 1 aromatic carbocycles. The van der Waals surface area contributed by atoms with E-state index in [1.54, 1.807) is 17.1 Å². The Labute approximate surface area is 304 Å². The number of benzene rings is 1. The number of likely N-dealkylation sites (tertiary alicyclic amines) is 1. The van der Waals surface area contributed by atoms with E-state index in [9.17, 15) is 24.3 Å². The van der Waals surface area contributed by atoms with Gasteiger partial charge in [0.15, 0.2) is 0 Å². The smallest absolute Gasteiger partial charge is 0.313 e. The molecule has 0 saturated carbocycles. The number of halogens is 1. The molecular formula is C38H54BrN3O8. The fourth-order valence-electron chi connectivity index (χ4n) is 7.88. The van der Waals surface area contributed by atoms with Gasteiger partial charge in [0.1, 0.15) is 17.7 Å². The lowest BCUT2D eigenvalue weighted by Crippen LogP contribution is -2.60. The third-order valence-electron chi connectivity index (χ3n) is 10.5. The molecule has 3 heterocycles. The Balaban J connectivity index is 1.77. The summed E-state index contributed by atoms with van der Waals surface area (Å²) in [5, 5.41) is 13.7. The molecule has 0 aromatic heterocycles. The number of nitrogens with zero attached hydrogens (tertiary/aromatic N) is 2. The van der Waals surface area contributed by atoms with Crippen molar-refractivity contribution in [2.24, 2.45) is 17.8 Å². The van der Waals surface area contributed by atoms with E-state index in [-0.39, 0.29) is 48.7 Å². The molecule has 0 radical (unpaired) electrons. The molecule has 3 saturated heterocycles. The SMILES string of the molecule is C=CCCC(=O)N[C@@H](COC)[C@@H](OC(=O)[C@@H]1[C@H]2O[C@@]3(CC2Br)[C@H](C(=O)N(CC=C)CCCC)N([C@@H](CO)[C@@H](C)CC)C(=O)[C@@H]13)c1ccccc1. The Morgan fingerprint density at radius 3 is 2.54 bits per heavy atom. The zero-order valence-electron chi connectivity index (χ0n) is 29.8. The number of nitrogens with one attached hydrogen (secondary N) is 1. The Morgan fingerprint density at radius 1 is 1.22 bits per heavy atom. The summed E-state index contributed by atoms with van der Waals surface area (Å²) in [4.78, 5) is 59.8. The van der Waals surface area contributed by atoms with Gasteiger partial charge in [-0.3, -0.25) is 19.2 Å². The zero-order valence-corrected chi connectivity index (χ0v) is 31.4. The van der Waals surface area contributed by atoms with Gasteiger partial charge >= 0.3 is 5.97 Å². The van der Waals surface area contributed by atoms with Crippen molar-refractivity contribution in [1.29, 1.82) is 0 Å². The standard InChI is InChI=1S/C38H54BrN3O8/c1-7-11-18-29(44)40-27(23-48-6)32(25-16-14-13-15-17-25)49-37(47)30-31-35(45)42(28(22-43)24(5)10-4)34(38(31)21-26(39)33(30)50-38)36(46)41(19-9-3)20-12-8-2/h7,9,13-17,24,26-28,30-34,43H,1,3,8,10-12,18-23H2,2,4-6H3,(H,40,44)/t24-,26?,27-,28-,30-,31+,32-,33-,34-,38+/m0/s1. The lowest BCUT2D eigenvalue weighted by molar-refractivity contribution is -0.163. The molecule has 3 fully saturated rings. The minimum absolute atomic E-state index is 0.0545. The molecule has 50 heavy (non-hydrogen) atoms. The van der Waals surface area contributed by atoms with E-state index >= 15 is 0 Å². The minimum atomic E-state index is -1.32. The van der Waals surface area contributed by atoms with Crippen LogP contribution in [0.4, 0.5) is 0 Å². The van der Waals surface area contributed by atoms with Crippen LogP contribution in [-0.4, -0.2) is 107 Å². The number of amides is 3. The molecule has 4 rings (SSSR count). The number of methoxy groups -OCH3 is 1. The number of aliphatic hydroxyl groups excluding tert-OH is 1. The molecule has 12 heteroatoms. The summed E-state index contributed by atoms with van der Waals surface area (Å²) in [5.41, 5.74) is -0.683. The molecule has 2 N–H and O–H groups in total. The highest BCUT2D eigenvalue weighted by Crippen LogP contribution is 2.61. The van der Waals surface area contributed by atoms with Crippen LogP contribution >= 0.6 is 15.9 Å². The number of ether oxygens (including phenoxy) is 3. The summed E-state index contributed by atoms with van der Waals surface area (Å²) in [7, 11) is 1.50. The average molecular weight is 761 g/mol. The van der Waals surface area contributed by atoms with E-state index in [4.69, 9.17) is 14.2 Å². The normalized spacial score (nSPS) is 27.6. The molecule has 3 aliphatic rings. The third kappa shape index (κ3) is 7.88. The summed E-state index contributed by atoms with van der Waals surface area (Å²) in [6.07, 6.45) is 4.93. The Morgan fingerprint density at radius 2 is 1.94 bits per heavy atom. The summed E-state index contributed by atoms with van der Waals surface area (Å²) in [6.45, 7) is 14.0. The van der Waals surface area contributed by atoms with Gasteiger partial charge in [0.05, 0.1) is 43.2 Å². The Hall–Kier alpha value is -3.06. The molecule has 276 valence electrons. The average Bonchev–Trinajstić information content (AvgIpc) is 3.71. The van der Waals surface area contributed by atoms with E-state index in [0.29, 0.717) is 31.4 Å². The molecule has 3 amide bonds. The number of fused-ring (bicyclic) bond motifs is 1. The fourth-order valence-corrected chi connectivity index (χ4v) is 8.82. The number of allylic oxidation sites excluding steroid dienone is 1. The van der Waals surface area contributed by atoms with Crippen molar-refractivity contribution >= 4 is 39.6 Å². The quantitative estimate of drug-likeness (QED) is 0.114. The van der Waals surface area contributed by atoms with Crippen LogP contribution in [0.3, 0.4) is 0 Å². The van der Waals surface area contributed by atoms with Gasteiger partial charge in [0, 0.05) is 31.4 Å². The van der Waals surface area contributed by atoms with Crippen LogP contribution in [0.5, 0.6) is 0 Å². The van der Waals surface area contributed by atoms with Gasteiger partial charge in [0.25, 0.3) is 0 Å². The lowest BCUT2D eigenvalue weighted by Gasteiger charge is -2.41. The maximum atomic E-state index is 14.8. The van der Waals surface area contributed by atoms with Crippen LogP contribution in [0.15, 0.2) is 55.6 Å². The second kappa shape index (κ2) is 17.9. The van der Waals surface area contributed by atoms with Crippen molar-refractivity contribution < 1.29 is 38.5 Å². The van der Waals surface area contributed by atoms with Gasteiger partial charge in [-0.05, 0) is 30.7 Å². The number of rotatable bonds is 20. The van der Waals surface area contributed by atoms with Gasteiger partial charge in [-0.15, -0.1) is 13.2 Å². The van der Waals surface area contributed by atoms with E-state index in [1.807, 2.05) is 51.1 Å². The van der Waals surface area contributed by atoms with E-state index < -0.39 is 59.6 Å². The second-order valence-corrected chi connectivity index (χ2v) is 14.9. The molecule has 1 spiro atoms. The zero-order chi connectivity index (χ0) is 36.6. The topological polar surface area (TPSA) is 135 Å². The predicted molar refractivity (Wildman–Crippen MR) is 193 cm³/mol. The van der Waals surface area contributed by atoms with E-state index in [1.165, 1.54) is 12.0 Å². The van der Waals surface area contributed by atoms with Gasteiger partial charge in [0.2, 0.25) is 17.7 Å². The Bertz CT molecular complexity index is 1360. The molecule has 0 aliphatic carbocycles. The Kier molecular flexibility index (Phi) is 14.2. The molecule has 11 nitrogen and oxygen atoms in total. The summed E-state index contributed by atoms with van der Waals surface area (Å²) >= 11 is 3.74. The predicted octanol–water partition coefficient (Wildman–Crippen LogP) is 4.34. The minimum Gasteiger partial charge on any atom is -0.455 e. The van der Waals surface area contributed by atoms with Crippen molar-refractivity contribution in [2.45, 2.75) is 100 Å². The summed E-state index contributed by atoms with van der Waals surface area (Å²) < 4.78 is 18.6. The van der Waals surface area contributed by atoms with Gasteiger partial charge in [-0.2, -0.15) is 0 Å². The van der Waals surface area contributed by atoms with Crippen molar-refractivity contribution in [3.8, 4) is 0 Å². The van der Waals surface area contributed by atoms with Crippen LogP contribution in [0.2, 0.25) is 0 Å². The molecular weight excluding hydrogens is 706 g/mol. The number of alkyl halides is 1. The highest BCUT2D eigenvalue weighted by atomic mass is 79.9. The summed E-state index contributed by atoms with van der Waals surface area (Å²) in [6, 6.07) is 6.63. The number of hydrogen-bond donors (Lipinski definition) is 2. The molecule has 1 unspecified atom stereocenters. The fraction of sp³-hybridized carbons (Fsp3) is 0.632. The van der Waals surface area contributed by atoms with Crippen molar-refractivity contribution in [3.63, 3.8) is 0 Å². The number of esters is 1. The first kappa shape index (κ1) is 39.7. The van der Waals surface area contributed by atoms with Crippen LogP contribution in [0.25, 0.3) is 0 Å².